The molecule has 0 bridgehead atoms. The van der Waals surface area contributed by atoms with Crippen LogP contribution in [0.3, 0.4) is 0 Å². The number of hydrogen-bond donors (Lipinski definition) is 1. The quantitative estimate of drug-likeness (QED) is 0.746. The van der Waals surface area contributed by atoms with E-state index in [1.807, 2.05) is 0 Å². The largest absolute Gasteiger partial charge is 0.390 e. The first kappa shape index (κ1) is 8.55. The number of aliphatic hydroxyl groups excluding tert-OH is 1. The van der Waals surface area contributed by atoms with Crippen molar-refractivity contribution in [1.82, 2.24) is 4.98 Å². The molecule has 0 aromatic carbocycles. The van der Waals surface area contributed by atoms with E-state index < -0.39 is 12.5 Å². The standard InChI is InChI=1S/C6H7F2NOS/c1-4-9-5(2-11-4)6(7,8)3-10/h2,10H,3H2,1H3. The SMILES string of the molecule is Cc1nc(C(F)(F)CO)cs1. The van der Waals surface area contributed by atoms with Crippen molar-refractivity contribution in [3.63, 3.8) is 0 Å². The molecule has 0 saturated carbocycles. The number of halogens is 2. The first-order valence-electron chi connectivity index (χ1n) is 2.97. The lowest BCUT2D eigenvalue weighted by molar-refractivity contribution is -0.0588. The van der Waals surface area contributed by atoms with Gasteiger partial charge >= 0.3 is 5.92 Å². The molecule has 1 aromatic heterocycles. The molecule has 0 fully saturated rings. The van der Waals surface area contributed by atoms with Gasteiger partial charge in [0.25, 0.3) is 0 Å². The summed E-state index contributed by atoms with van der Waals surface area (Å²) in [4.78, 5) is 3.56. The van der Waals surface area contributed by atoms with Crippen LogP contribution in [0.25, 0.3) is 0 Å². The van der Waals surface area contributed by atoms with Gasteiger partial charge in [0.15, 0.2) is 0 Å². The summed E-state index contributed by atoms with van der Waals surface area (Å²) in [5.74, 6) is -3.19. The molecule has 0 saturated heterocycles. The molecule has 5 heteroatoms. The van der Waals surface area contributed by atoms with E-state index in [1.54, 1.807) is 6.92 Å². The zero-order chi connectivity index (χ0) is 8.48. The molecule has 0 aliphatic heterocycles. The Balaban J connectivity index is 2.92. The van der Waals surface area contributed by atoms with Crippen LogP contribution in [0.5, 0.6) is 0 Å². The molecule has 0 atom stereocenters. The van der Waals surface area contributed by atoms with E-state index in [-0.39, 0.29) is 5.69 Å². The van der Waals surface area contributed by atoms with Gasteiger partial charge in [-0.25, -0.2) is 4.98 Å². The first-order chi connectivity index (χ1) is 5.06. The molecule has 0 aliphatic carbocycles. The Morgan fingerprint density at radius 3 is 2.73 bits per heavy atom. The molecule has 1 N–H and O–H groups in total. The fourth-order valence-corrected chi connectivity index (χ4v) is 1.27. The number of hydrogen-bond acceptors (Lipinski definition) is 3. The molecule has 2 nitrogen and oxygen atoms in total. The molecule has 1 heterocycles. The van der Waals surface area contributed by atoms with Gasteiger partial charge in [-0.15, -0.1) is 11.3 Å². The van der Waals surface area contributed by atoms with Gasteiger partial charge in [-0.05, 0) is 6.92 Å². The van der Waals surface area contributed by atoms with Crippen molar-refractivity contribution in [2.45, 2.75) is 12.8 Å². The highest BCUT2D eigenvalue weighted by Crippen LogP contribution is 2.27. The van der Waals surface area contributed by atoms with Crippen molar-refractivity contribution in [3.8, 4) is 0 Å². The number of nitrogens with zero attached hydrogens (tertiary/aromatic N) is 1. The van der Waals surface area contributed by atoms with E-state index >= 15 is 0 Å². The zero-order valence-electron chi connectivity index (χ0n) is 5.84. The average Bonchev–Trinajstić information content (AvgIpc) is 2.36. The van der Waals surface area contributed by atoms with Crippen LogP contribution in [0.15, 0.2) is 5.38 Å². The van der Waals surface area contributed by atoms with Gasteiger partial charge in [0.2, 0.25) is 0 Å². The third kappa shape index (κ3) is 1.72. The molecule has 1 rings (SSSR count). The summed E-state index contributed by atoms with van der Waals surface area (Å²) >= 11 is 1.14. The normalized spacial score (nSPS) is 12.0. The molecule has 62 valence electrons. The summed E-state index contributed by atoms with van der Waals surface area (Å²) in [5.41, 5.74) is -0.345. The van der Waals surface area contributed by atoms with Gasteiger partial charge in [-0.2, -0.15) is 8.78 Å². The molecule has 11 heavy (non-hydrogen) atoms. The van der Waals surface area contributed by atoms with Gasteiger partial charge in [0, 0.05) is 5.38 Å². The Labute approximate surface area is 66.5 Å². The van der Waals surface area contributed by atoms with Crippen molar-refractivity contribution in [2.75, 3.05) is 6.61 Å². The maximum absolute atomic E-state index is 12.6. The second-order valence-corrected chi connectivity index (χ2v) is 3.18. The average molecular weight is 179 g/mol. The highest BCUT2D eigenvalue weighted by molar-refractivity contribution is 7.09. The van der Waals surface area contributed by atoms with E-state index in [1.165, 1.54) is 5.38 Å². The van der Waals surface area contributed by atoms with Crippen LogP contribution in [0, 0.1) is 6.92 Å². The molecule has 0 spiro atoms. The van der Waals surface area contributed by atoms with E-state index in [9.17, 15) is 8.78 Å². The van der Waals surface area contributed by atoms with Crippen LogP contribution in [-0.4, -0.2) is 16.7 Å². The molecular weight excluding hydrogens is 172 g/mol. The molecule has 0 amide bonds. The highest BCUT2D eigenvalue weighted by atomic mass is 32.1. The molecular formula is C6H7F2NOS. The van der Waals surface area contributed by atoms with Crippen molar-refractivity contribution in [1.29, 1.82) is 0 Å². The summed E-state index contributed by atoms with van der Waals surface area (Å²) in [6.45, 7) is 0.456. The number of aryl methyl sites for hydroxylation is 1. The fraction of sp³-hybridized carbons (Fsp3) is 0.500. The minimum Gasteiger partial charge on any atom is -0.390 e. The smallest absolute Gasteiger partial charge is 0.313 e. The maximum atomic E-state index is 12.6. The van der Waals surface area contributed by atoms with Crippen molar-refractivity contribution in [2.24, 2.45) is 0 Å². The molecule has 0 radical (unpaired) electrons. The van der Waals surface area contributed by atoms with Gasteiger partial charge < -0.3 is 5.11 Å². The summed E-state index contributed by atoms with van der Waals surface area (Å²) in [6, 6.07) is 0. The van der Waals surface area contributed by atoms with Crippen LogP contribution in [0.1, 0.15) is 10.7 Å². The predicted molar refractivity (Wildman–Crippen MR) is 37.8 cm³/mol. The lowest BCUT2D eigenvalue weighted by Gasteiger charge is -2.08. The Morgan fingerprint density at radius 1 is 1.73 bits per heavy atom. The Kier molecular flexibility index (Phi) is 2.20. The van der Waals surface area contributed by atoms with Gasteiger partial charge in [0.1, 0.15) is 12.3 Å². The van der Waals surface area contributed by atoms with Gasteiger partial charge in [-0.3, -0.25) is 0 Å². The van der Waals surface area contributed by atoms with Crippen LogP contribution in [-0.2, 0) is 5.92 Å². The van der Waals surface area contributed by atoms with Crippen LogP contribution in [0.2, 0.25) is 0 Å². The fourth-order valence-electron chi connectivity index (χ4n) is 0.612. The molecule has 0 unspecified atom stereocenters. The minimum absolute atomic E-state index is 0.345. The number of aromatic nitrogens is 1. The van der Waals surface area contributed by atoms with Crippen LogP contribution >= 0.6 is 11.3 Å². The highest BCUT2D eigenvalue weighted by Gasteiger charge is 2.32. The van der Waals surface area contributed by atoms with E-state index in [0.29, 0.717) is 5.01 Å². The van der Waals surface area contributed by atoms with E-state index in [2.05, 4.69) is 4.98 Å². The molecule has 0 aliphatic rings. The summed E-state index contributed by atoms with van der Waals surface area (Å²) in [5, 5.41) is 10.1. The second-order valence-electron chi connectivity index (χ2n) is 2.11. The lowest BCUT2D eigenvalue weighted by Crippen LogP contribution is -2.18. The zero-order valence-corrected chi connectivity index (χ0v) is 6.66. The van der Waals surface area contributed by atoms with Crippen molar-refractivity contribution < 1.29 is 13.9 Å². The number of aliphatic hydroxyl groups is 1. The minimum atomic E-state index is -3.19. The number of alkyl halides is 2. The summed E-state index contributed by atoms with van der Waals surface area (Å²) in [6.07, 6.45) is 0. The van der Waals surface area contributed by atoms with E-state index in [4.69, 9.17) is 5.11 Å². The van der Waals surface area contributed by atoms with Gasteiger partial charge in [-0.1, -0.05) is 0 Å². The summed E-state index contributed by atoms with van der Waals surface area (Å²) < 4.78 is 25.2. The topological polar surface area (TPSA) is 33.1 Å². The Hall–Kier alpha value is -0.550. The summed E-state index contributed by atoms with van der Waals surface area (Å²) in [7, 11) is 0. The number of thiazole rings is 1. The Bertz CT molecular complexity index is 248. The van der Waals surface area contributed by atoms with Crippen LogP contribution in [0.4, 0.5) is 8.78 Å². The monoisotopic (exact) mass is 179 g/mol. The van der Waals surface area contributed by atoms with Crippen molar-refractivity contribution >= 4 is 11.3 Å². The third-order valence-electron chi connectivity index (χ3n) is 1.19. The lowest BCUT2D eigenvalue weighted by atomic mass is 10.3. The maximum Gasteiger partial charge on any atom is 0.313 e. The van der Waals surface area contributed by atoms with E-state index in [0.717, 1.165) is 11.3 Å². The number of rotatable bonds is 2. The van der Waals surface area contributed by atoms with Crippen LogP contribution < -0.4 is 0 Å². The third-order valence-corrected chi connectivity index (χ3v) is 1.97. The van der Waals surface area contributed by atoms with Gasteiger partial charge in [0.05, 0.1) is 5.01 Å². The Morgan fingerprint density at radius 2 is 2.36 bits per heavy atom. The first-order valence-corrected chi connectivity index (χ1v) is 3.85. The predicted octanol–water partition coefficient (Wildman–Crippen LogP) is 1.54. The van der Waals surface area contributed by atoms with Crippen molar-refractivity contribution in [3.05, 3.63) is 16.1 Å². The molecule has 1 aromatic rings. The second kappa shape index (κ2) is 2.83.